The van der Waals surface area contributed by atoms with Crippen LogP contribution in [0, 0.1) is 0 Å². The van der Waals surface area contributed by atoms with E-state index in [0.29, 0.717) is 16.7 Å². The molecule has 5 rings (SSSR count). The monoisotopic (exact) mass is 430 g/mol. The number of hydrogen-bond acceptors (Lipinski definition) is 4. The fraction of sp³-hybridized carbons (Fsp3) is 0.320. The maximum absolute atomic E-state index is 13.4. The Bertz CT molecular complexity index is 1210. The molecule has 0 bridgehead atoms. The van der Waals surface area contributed by atoms with Crippen LogP contribution in [-0.2, 0) is 0 Å². The second-order valence-electron chi connectivity index (χ2n) is 8.15. The lowest BCUT2D eigenvalue weighted by Gasteiger charge is -2.15. The van der Waals surface area contributed by atoms with E-state index in [1.54, 1.807) is 10.9 Å². The molecular weight excluding hydrogens is 404 g/mol. The highest BCUT2D eigenvalue weighted by atomic mass is 32.1. The highest BCUT2D eigenvalue weighted by molar-refractivity contribution is 7.20. The molecule has 0 unspecified atom stereocenters. The van der Waals surface area contributed by atoms with Gasteiger partial charge >= 0.3 is 0 Å². The molecule has 158 valence electrons. The summed E-state index contributed by atoms with van der Waals surface area (Å²) in [5.74, 6) is 0. The summed E-state index contributed by atoms with van der Waals surface area (Å²) in [6, 6.07) is 18.2. The SMILES string of the molecule is O=c1c(C=NC2CCCCCCC2)c(-c2ccccc2)[nH]n1-c1nc2ccccc2s1. The third-order valence-electron chi connectivity index (χ3n) is 5.95. The van der Waals surface area contributed by atoms with E-state index in [2.05, 4.69) is 10.1 Å². The van der Waals surface area contributed by atoms with E-state index >= 15 is 0 Å². The largest absolute Gasteiger partial charge is 0.289 e. The van der Waals surface area contributed by atoms with Gasteiger partial charge in [-0.25, -0.2) is 4.98 Å². The predicted molar refractivity (Wildman–Crippen MR) is 129 cm³/mol. The van der Waals surface area contributed by atoms with Gasteiger partial charge in [0.25, 0.3) is 5.56 Å². The van der Waals surface area contributed by atoms with Crippen molar-refractivity contribution in [2.75, 3.05) is 0 Å². The molecule has 2 heterocycles. The molecule has 1 N–H and O–H groups in total. The molecule has 4 aromatic rings. The van der Waals surface area contributed by atoms with Crippen molar-refractivity contribution < 1.29 is 0 Å². The Morgan fingerprint density at radius 1 is 0.968 bits per heavy atom. The van der Waals surface area contributed by atoms with Crippen LogP contribution in [0.3, 0.4) is 0 Å². The molecule has 0 aliphatic heterocycles. The number of benzene rings is 2. The number of nitrogens with one attached hydrogen (secondary N) is 1. The second-order valence-corrected chi connectivity index (χ2v) is 9.16. The van der Waals surface area contributed by atoms with Gasteiger partial charge in [0.15, 0.2) is 0 Å². The zero-order valence-electron chi connectivity index (χ0n) is 17.5. The van der Waals surface area contributed by atoms with E-state index in [4.69, 9.17) is 4.99 Å². The number of aromatic amines is 1. The maximum atomic E-state index is 13.4. The number of nitrogens with zero attached hydrogens (tertiary/aromatic N) is 3. The Hall–Kier alpha value is -2.99. The quantitative estimate of drug-likeness (QED) is 0.405. The zero-order chi connectivity index (χ0) is 21.0. The van der Waals surface area contributed by atoms with Gasteiger partial charge in [0.05, 0.1) is 21.5 Å². The van der Waals surface area contributed by atoms with Crippen molar-refractivity contribution in [3.05, 3.63) is 70.5 Å². The summed E-state index contributed by atoms with van der Waals surface area (Å²) in [6.45, 7) is 0. The average molecular weight is 431 g/mol. The van der Waals surface area contributed by atoms with E-state index in [0.717, 1.165) is 34.3 Å². The predicted octanol–water partition coefficient (Wildman–Crippen LogP) is 5.97. The summed E-state index contributed by atoms with van der Waals surface area (Å²) < 4.78 is 2.62. The summed E-state index contributed by atoms with van der Waals surface area (Å²) in [7, 11) is 0. The molecule has 31 heavy (non-hydrogen) atoms. The summed E-state index contributed by atoms with van der Waals surface area (Å²) in [6.07, 6.45) is 10.4. The minimum atomic E-state index is -0.104. The Morgan fingerprint density at radius 3 is 2.45 bits per heavy atom. The molecule has 2 aromatic heterocycles. The van der Waals surface area contributed by atoms with Crippen molar-refractivity contribution in [2.24, 2.45) is 4.99 Å². The third-order valence-corrected chi connectivity index (χ3v) is 6.97. The fourth-order valence-electron chi connectivity index (χ4n) is 4.25. The number of aromatic nitrogens is 3. The number of H-pyrrole nitrogens is 1. The molecule has 0 saturated heterocycles. The minimum Gasteiger partial charge on any atom is -0.289 e. The van der Waals surface area contributed by atoms with Crippen LogP contribution in [0.5, 0.6) is 0 Å². The van der Waals surface area contributed by atoms with Crippen molar-refractivity contribution in [2.45, 2.75) is 51.0 Å². The average Bonchev–Trinajstić information content (AvgIpc) is 3.34. The lowest BCUT2D eigenvalue weighted by Crippen LogP contribution is -2.17. The van der Waals surface area contributed by atoms with Crippen molar-refractivity contribution in [3.8, 4) is 16.4 Å². The van der Waals surface area contributed by atoms with Crippen molar-refractivity contribution in [1.82, 2.24) is 14.8 Å². The lowest BCUT2D eigenvalue weighted by atomic mass is 9.97. The third kappa shape index (κ3) is 4.26. The molecule has 1 fully saturated rings. The first-order valence-corrected chi connectivity index (χ1v) is 11.9. The van der Waals surface area contributed by atoms with E-state index in [1.165, 1.54) is 43.4 Å². The van der Waals surface area contributed by atoms with E-state index in [9.17, 15) is 4.79 Å². The van der Waals surface area contributed by atoms with Gasteiger partial charge in [-0.3, -0.25) is 14.9 Å². The first kappa shape index (κ1) is 19.9. The van der Waals surface area contributed by atoms with Crippen molar-refractivity contribution in [3.63, 3.8) is 0 Å². The summed E-state index contributed by atoms with van der Waals surface area (Å²) in [4.78, 5) is 23.0. The molecule has 0 radical (unpaired) electrons. The highest BCUT2D eigenvalue weighted by Gasteiger charge is 2.18. The van der Waals surface area contributed by atoms with Gasteiger partial charge < -0.3 is 0 Å². The van der Waals surface area contributed by atoms with Crippen LogP contribution in [0.15, 0.2) is 64.4 Å². The Labute approximate surface area is 185 Å². The topological polar surface area (TPSA) is 63.0 Å². The van der Waals surface area contributed by atoms with Gasteiger partial charge in [-0.15, -0.1) is 0 Å². The van der Waals surface area contributed by atoms with Gasteiger partial charge in [-0.05, 0) is 25.0 Å². The number of aliphatic imine (C=N–C) groups is 1. The van der Waals surface area contributed by atoms with Crippen molar-refractivity contribution in [1.29, 1.82) is 0 Å². The highest BCUT2D eigenvalue weighted by Crippen LogP contribution is 2.26. The van der Waals surface area contributed by atoms with E-state index in [1.807, 2.05) is 54.6 Å². The number of thiazole rings is 1. The molecule has 1 saturated carbocycles. The molecule has 1 aliphatic carbocycles. The van der Waals surface area contributed by atoms with Crippen molar-refractivity contribution >= 4 is 27.8 Å². The van der Waals surface area contributed by atoms with Crippen LogP contribution < -0.4 is 5.56 Å². The Morgan fingerprint density at radius 2 is 1.68 bits per heavy atom. The van der Waals surface area contributed by atoms with Crippen LogP contribution >= 0.6 is 11.3 Å². The fourth-order valence-corrected chi connectivity index (χ4v) is 5.17. The summed E-state index contributed by atoms with van der Waals surface area (Å²) >= 11 is 1.51. The zero-order valence-corrected chi connectivity index (χ0v) is 18.3. The molecular formula is C25H26N4OS. The maximum Gasteiger partial charge on any atom is 0.282 e. The smallest absolute Gasteiger partial charge is 0.282 e. The molecule has 2 aromatic carbocycles. The second kappa shape index (κ2) is 9.02. The molecule has 6 heteroatoms. The lowest BCUT2D eigenvalue weighted by molar-refractivity contribution is 0.456. The minimum absolute atomic E-state index is 0.104. The molecule has 0 atom stereocenters. The molecule has 1 aliphatic rings. The van der Waals surface area contributed by atoms with E-state index < -0.39 is 0 Å². The standard InChI is InChI=1S/C25H26N4OS/c30-24-20(17-26-19-13-7-2-1-3-8-14-19)23(18-11-5-4-6-12-18)28-29(24)25-27-21-15-9-10-16-22(21)31-25/h4-6,9-12,15-17,19,28H,1-3,7-8,13-14H2. The number of hydrogen-bond donors (Lipinski definition) is 1. The van der Waals surface area contributed by atoms with E-state index in [-0.39, 0.29) is 5.56 Å². The first-order chi connectivity index (χ1) is 15.3. The van der Waals surface area contributed by atoms with Gasteiger partial charge in [0.2, 0.25) is 5.13 Å². The summed E-state index contributed by atoms with van der Waals surface area (Å²) in [5.41, 5.74) is 3.16. The Balaban J connectivity index is 1.57. The first-order valence-electron chi connectivity index (χ1n) is 11.1. The number of para-hydroxylation sites is 1. The van der Waals surface area contributed by atoms with Gasteiger partial charge in [0.1, 0.15) is 0 Å². The molecule has 0 amide bonds. The van der Waals surface area contributed by atoms with Crippen LogP contribution in [0.2, 0.25) is 0 Å². The summed E-state index contributed by atoms with van der Waals surface area (Å²) in [5, 5.41) is 3.96. The normalized spacial score (nSPS) is 16.0. The van der Waals surface area contributed by atoms with Crippen LogP contribution in [0.1, 0.15) is 50.5 Å². The van der Waals surface area contributed by atoms with Crippen LogP contribution in [0.4, 0.5) is 0 Å². The Kier molecular flexibility index (Phi) is 5.80. The molecule has 5 nitrogen and oxygen atoms in total. The number of fused-ring (bicyclic) bond motifs is 1. The van der Waals surface area contributed by atoms with Gasteiger partial charge in [0, 0.05) is 17.8 Å². The van der Waals surface area contributed by atoms with Gasteiger partial charge in [-0.2, -0.15) is 4.68 Å². The number of rotatable bonds is 4. The van der Waals surface area contributed by atoms with Crippen LogP contribution in [0.25, 0.3) is 26.6 Å². The molecule has 0 spiro atoms. The van der Waals surface area contributed by atoms with Crippen LogP contribution in [-0.4, -0.2) is 27.0 Å². The van der Waals surface area contributed by atoms with Gasteiger partial charge in [-0.1, -0.05) is 85.9 Å².